The van der Waals surface area contributed by atoms with Crippen LogP contribution in [-0.2, 0) is 13.3 Å². The second-order valence-corrected chi connectivity index (χ2v) is 6.03. The normalized spacial score (nSPS) is 12.7. The van der Waals surface area contributed by atoms with E-state index < -0.39 is 0 Å². The number of nitrogens with one attached hydrogen (secondary N) is 1. The minimum Gasteiger partial charge on any atom is -0.392 e. The van der Waals surface area contributed by atoms with Gasteiger partial charge in [-0.1, -0.05) is 30.3 Å². The van der Waals surface area contributed by atoms with Crippen molar-refractivity contribution >= 4 is 23.4 Å². The molecule has 0 atom stereocenters. The maximum absolute atomic E-state index is 12.4. The summed E-state index contributed by atoms with van der Waals surface area (Å²) in [6, 6.07) is 17.0. The van der Waals surface area contributed by atoms with Crippen LogP contribution in [0.4, 0.5) is 11.4 Å². The number of aromatic nitrogens is 2. The Balaban J connectivity index is 1.50. The number of para-hydroxylation sites is 1. The summed E-state index contributed by atoms with van der Waals surface area (Å²) in [6.07, 6.45) is 5.57. The first-order valence-electron chi connectivity index (χ1n) is 8.31. The topological polar surface area (TPSA) is 70.4 Å². The summed E-state index contributed by atoms with van der Waals surface area (Å²) in [5.41, 5.74) is 3.00. The van der Waals surface area contributed by atoms with Crippen LogP contribution in [0.5, 0.6) is 0 Å². The van der Waals surface area contributed by atoms with Crippen molar-refractivity contribution in [3.8, 4) is 0 Å². The van der Waals surface area contributed by atoms with E-state index in [0.717, 1.165) is 22.8 Å². The van der Waals surface area contributed by atoms with Gasteiger partial charge < -0.3 is 19.9 Å². The molecule has 0 saturated heterocycles. The summed E-state index contributed by atoms with van der Waals surface area (Å²) in [5, 5.41) is 12.0. The van der Waals surface area contributed by atoms with E-state index in [4.69, 9.17) is 5.11 Å². The number of carbonyl (C=O) groups is 1. The third-order valence-corrected chi connectivity index (χ3v) is 4.23. The standard InChI is InChI=1S/C20H18N4O2/c25-13-15-6-8-17(9-7-15)23-11-10-19-22-18(12-24(19)14-23)20(26)21-16-4-2-1-3-5-16/h1-12,25H,13-14H2,(H,21,26). The van der Waals surface area contributed by atoms with Gasteiger partial charge in [0, 0.05) is 23.8 Å². The number of benzene rings is 2. The van der Waals surface area contributed by atoms with Gasteiger partial charge in [-0.15, -0.1) is 0 Å². The van der Waals surface area contributed by atoms with Gasteiger partial charge in [0.15, 0.2) is 0 Å². The van der Waals surface area contributed by atoms with Crippen LogP contribution in [-0.4, -0.2) is 20.6 Å². The van der Waals surface area contributed by atoms with Gasteiger partial charge in [0.2, 0.25) is 0 Å². The third kappa shape index (κ3) is 3.22. The van der Waals surface area contributed by atoms with Crippen molar-refractivity contribution in [3.05, 3.63) is 84.1 Å². The molecule has 0 aliphatic carbocycles. The molecule has 0 fully saturated rings. The van der Waals surface area contributed by atoms with E-state index in [1.165, 1.54) is 0 Å². The molecule has 0 saturated carbocycles. The number of rotatable bonds is 4. The molecular weight excluding hydrogens is 328 g/mol. The molecule has 3 aromatic rings. The smallest absolute Gasteiger partial charge is 0.275 e. The van der Waals surface area contributed by atoms with E-state index in [-0.39, 0.29) is 12.5 Å². The first-order valence-corrected chi connectivity index (χ1v) is 8.31. The molecule has 2 N–H and O–H groups in total. The number of nitrogens with zero attached hydrogens (tertiary/aromatic N) is 3. The largest absolute Gasteiger partial charge is 0.392 e. The summed E-state index contributed by atoms with van der Waals surface area (Å²) in [5.74, 6) is 0.511. The predicted molar refractivity (Wildman–Crippen MR) is 101 cm³/mol. The van der Waals surface area contributed by atoms with Crippen molar-refractivity contribution < 1.29 is 9.90 Å². The minimum atomic E-state index is -0.231. The first kappa shape index (κ1) is 16.1. The number of amides is 1. The summed E-state index contributed by atoms with van der Waals surface area (Å²) in [6.45, 7) is 0.595. The zero-order valence-electron chi connectivity index (χ0n) is 14.0. The van der Waals surface area contributed by atoms with Gasteiger partial charge in [-0.2, -0.15) is 0 Å². The van der Waals surface area contributed by atoms with Gasteiger partial charge in [0.05, 0.1) is 6.61 Å². The van der Waals surface area contributed by atoms with Crippen LogP contribution < -0.4 is 10.2 Å². The van der Waals surface area contributed by atoms with E-state index in [0.29, 0.717) is 12.4 Å². The summed E-state index contributed by atoms with van der Waals surface area (Å²) in [4.78, 5) is 18.9. The van der Waals surface area contributed by atoms with Crippen LogP contribution >= 0.6 is 0 Å². The summed E-state index contributed by atoms with van der Waals surface area (Å²) >= 11 is 0. The van der Waals surface area contributed by atoms with Crippen LogP contribution in [0.1, 0.15) is 21.9 Å². The molecule has 0 bridgehead atoms. The van der Waals surface area contributed by atoms with Crippen molar-refractivity contribution in [1.82, 2.24) is 9.55 Å². The Kier molecular flexibility index (Phi) is 4.25. The lowest BCUT2D eigenvalue weighted by Gasteiger charge is -2.25. The molecule has 130 valence electrons. The molecule has 6 nitrogen and oxygen atoms in total. The Morgan fingerprint density at radius 3 is 2.62 bits per heavy atom. The van der Waals surface area contributed by atoms with Crippen LogP contribution in [0, 0.1) is 0 Å². The summed E-state index contributed by atoms with van der Waals surface area (Å²) in [7, 11) is 0. The molecular formula is C20H18N4O2. The molecule has 0 unspecified atom stereocenters. The van der Waals surface area contributed by atoms with E-state index in [1.807, 2.05) is 71.4 Å². The molecule has 26 heavy (non-hydrogen) atoms. The first-order chi connectivity index (χ1) is 12.7. The van der Waals surface area contributed by atoms with Gasteiger partial charge in [-0.25, -0.2) is 4.98 Å². The summed E-state index contributed by atoms with van der Waals surface area (Å²) < 4.78 is 1.93. The lowest BCUT2D eigenvalue weighted by atomic mass is 10.2. The number of fused-ring (bicyclic) bond motifs is 1. The van der Waals surface area contributed by atoms with Gasteiger partial charge in [0.1, 0.15) is 18.2 Å². The van der Waals surface area contributed by atoms with Crippen LogP contribution in [0.25, 0.3) is 6.08 Å². The molecule has 4 rings (SSSR count). The molecule has 0 radical (unpaired) electrons. The van der Waals surface area contributed by atoms with E-state index in [9.17, 15) is 4.79 Å². The molecule has 2 aromatic carbocycles. The molecule has 6 heteroatoms. The van der Waals surface area contributed by atoms with Gasteiger partial charge in [0.25, 0.3) is 5.91 Å². The van der Waals surface area contributed by atoms with Crippen LogP contribution in [0.3, 0.4) is 0 Å². The fourth-order valence-corrected chi connectivity index (χ4v) is 2.83. The zero-order chi connectivity index (χ0) is 17.9. The van der Waals surface area contributed by atoms with Crippen LogP contribution in [0.2, 0.25) is 0 Å². The van der Waals surface area contributed by atoms with E-state index >= 15 is 0 Å². The molecule has 0 spiro atoms. The van der Waals surface area contributed by atoms with Crippen molar-refractivity contribution in [2.24, 2.45) is 0 Å². The molecule has 1 aliphatic heterocycles. The molecule has 1 aromatic heterocycles. The fourth-order valence-electron chi connectivity index (χ4n) is 2.83. The van der Waals surface area contributed by atoms with Gasteiger partial charge in [-0.05, 0) is 35.9 Å². The van der Waals surface area contributed by atoms with Crippen molar-refractivity contribution in [2.75, 3.05) is 10.2 Å². The quantitative estimate of drug-likeness (QED) is 0.762. The highest BCUT2D eigenvalue weighted by molar-refractivity contribution is 6.02. The number of anilines is 2. The second kappa shape index (κ2) is 6.85. The Bertz CT molecular complexity index is 946. The van der Waals surface area contributed by atoms with Crippen molar-refractivity contribution in [3.63, 3.8) is 0 Å². The number of carbonyl (C=O) groups excluding carboxylic acids is 1. The highest BCUT2D eigenvalue weighted by atomic mass is 16.3. The maximum Gasteiger partial charge on any atom is 0.275 e. The molecule has 2 heterocycles. The highest BCUT2D eigenvalue weighted by Gasteiger charge is 2.17. The number of aliphatic hydroxyl groups excluding tert-OH is 1. The van der Waals surface area contributed by atoms with Crippen molar-refractivity contribution in [2.45, 2.75) is 13.3 Å². The second-order valence-electron chi connectivity index (χ2n) is 6.03. The Morgan fingerprint density at radius 2 is 1.88 bits per heavy atom. The monoisotopic (exact) mass is 346 g/mol. The predicted octanol–water partition coefficient (Wildman–Crippen LogP) is 3.08. The Hall–Kier alpha value is -3.38. The number of hydrogen-bond donors (Lipinski definition) is 2. The van der Waals surface area contributed by atoms with Crippen molar-refractivity contribution in [1.29, 1.82) is 0 Å². The lowest BCUT2D eigenvalue weighted by molar-refractivity contribution is 0.102. The number of hydrogen-bond acceptors (Lipinski definition) is 4. The highest BCUT2D eigenvalue weighted by Crippen LogP contribution is 2.22. The van der Waals surface area contributed by atoms with Gasteiger partial charge >= 0.3 is 0 Å². The number of aliphatic hydroxyl groups is 1. The average molecular weight is 346 g/mol. The van der Waals surface area contributed by atoms with E-state index in [1.54, 1.807) is 6.20 Å². The zero-order valence-corrected chi connectivity index (χ0v) is 14.0. The fraction of sp³-hybridized carbons (Fsp3) is 0.100. The molecule has 1 amide bonds. The molecule has 1 aliphatic rings. The minimum absolute atomic E-state index is 0.0294. The Labute approximate surface area is 151 Å². The lowest BCUT2D eigenvalue weighted by Crippen LogP contribution is -2.23. The Morgan fingerprint density at radius 1 is 1.12 bits per heavy atom. The van der Waals surface area contributed by atoms with E-state index in [2.05, 4.69) is 15.2 Å². The third-order valence-electron chi connectivity index (χ3n) is 4.23. The average Bonchev–Trinajstić information content (AvgIpc) is 3.12. The van der Waals surface area contributed by atoms with Gasteiger partial charge in [-0.3, -0.25) is 4.79 Å². The number of imidazole rings is 1. The maximum atomic E-state index is 12.4. The SMILES string of the molecule is O=C(Nc1ccccc1)c1cn2c(n1)C=CN(c1ccc(CO)cc1)C2. The van der Waals surface area contributed by atoms with Crippen LogP contribution in [0.15, 0.2) is 67.0 Å².